The third-order valence-corrected chi connectivity index (χ3v) is 5.18. The molecule has 23 heavy (non-hydrogen) atoms. The van der Waals surface area contributed by atoms with Crippen LogP contribution in [0, 0.1) is 0 Å². The zero-order valence-corrected chi connectivity index (χ0v) is 13.5. The van der Waals surface area contributed by atoms with E-state index in [0.29, 0.717) is 18.7 Å². The van der Waals surface area contributed by atoms with Gasteiger partial charge in [0, 0.05) is 25.2 Å². The molecule has 0 bridgehead atoms. The van der Waals surface area contributed by atoms with Gasteiger partial charge in [0.1, 0.15) is 0 Å². The number of fused-ring (bicyclic) bond motifs is 1. The van der Waals surface area contributed by atoms with Crippen LogP contribution in [0.5, 0.6) is 0 Å². The number of ether oxygens (including phenoxy) is 1. The molecule has 0 aliphatic carbocycles. The summed E-state index contributed by atoms with van der Waals surface area (Å²) < 4.78 is 30.5. The topological polar surface area (TPSA) is 92.8 Å². The molecule has 1 amide bonds. The van der Waals surface area contributed by atoms with Crippen molar-refractivity contribution >= 4 is 27.6 Å². The van der Waals surface area contributed by atoms with E-state index in [1.807, 2.05) is 12.1 Å². The van der Waals surface area contributed by atoms with Crippen LogP contribution in [0.1, 0.15) is 5.56 Å². The van der Waals surface area contributed by atoms with Gasteiger partial charge >= 0.3 is 5.97 Å². The Bertz CT molecular complexity index is 727. The third kappa shape index (κ3) is 4.32. The minimum Gasteiger partial charge on any atom is -0.466 e. The van der Waals surface area contributed by atoms with Gasteiger partial charge in [-0.05, 0) is 18.1 Å². The van der Waals surface area contributed by atoms with E-state index in [-0.39, 0.29) is 12.3 Å². The lowest BCUT2D eigenvalue weighted by Gasteiger charge is -2.19. The van der Waals surface area contributed by atoms with E-state index in [0.717, 1.165) is 17.7 Å². The fourth-order valence-corrected chi connectivity index (χ4v) is 3.71. The maximum atomic E-state index is 12.4. The number of hydrogen-bond acceptors (Lipinski definition) is 5. The predicted molar refractivity (Wildman–Crippen MR) is 85.4 cm³/mol. The second-order valence-corrected chi connectivity index (χ2v) is 6.93. The summed E-state index contributed by atoms with van der Waals surface area (Å²) in [5.41, 5.74) is 1.70. The monoisotopic (exact) mass is 338 g/mol. The molecule has 0 saturated heterocycles. The summed E-state index contributed by atoms with van der Waals surface area (Å²) in [6, 6.07) is 7.36. The summed E-state index contributed by atoms with van der Waals surface area (Å²) in [7, 11) is -2.30. The van der Waals surface area contributed by atoms with Gasteiger partial charge in [0.05, 0.1) is 18.6 Å². The molecule has 0 spiro atoms. The highest BCUT2D eigenvalue weighted by molar-refractivity contribution is 7.92. The second kappa shape index (κ2) is 7.28. The Morgan fingerprint density at radius 2 is 2.04 bits per heavy atom. The molecule has 0 saturated carbocycles. The Morgan fingerprint density at radius 3 is 2.78 bits per heavy atom. The number of nitrogens with zero attached hydrogens (tertiary/aromatic N) is 1. The lowest BCUT2D eigenvalue weighted by atomic mass is 10.2. The summed E-state index contributed by atoms with van der Waals surface area (Å²) in [5.74, 6) is -1.41. The zero-order chi connectivity index (χ0) is 16.9. The Labute approximate surface area is 135 Å². The number of amides is 1. The van der Waals surface area contributed by atoms with Crippen molar-refractivity contribution in [2.45, 2.75) is 6.42 Å². The molecule has 0 atom stereocenters. The van der Waals surface area contributed by atoms with Crippen LogP contribution in [0.3, 0.4) is 0 Å². The number of rotatable bonds is 6. The summed E-state index contributed by atoms with van der Waals surface area (Å²) in [4.78, 5) is 22.3. The number of benzene rings is 1. The van der Waals surface area contributed by atoms with Gasteiger partial charge in [0.15, 0.2) is 0 Å². The molecule has 1 aromatic rings. The Morgan fingerprint density at radius 1 is 1.30 bits per heavy atom. The van der Waals surface area contributed by atoms with Crippen molar-refractivity contribution in [2.24, 2.45) is 0 Å². The van der Waals surface area contributed by atoms with E-state index in [1.165, 1.54) is 11.4 Å². The third-order valence-electron chi connectivity index (χ3n) is 3.41. The molecule has 7 nitrogen and oxygen atoms in total. The van der Waals surface area contributed by atoms with E-state index in [2.05, 4.69) is 10.1 Å². The quantitative estimate of drug-likeness (QED) is 0.592. The minimum absolute atomic E-state index is 0.0364. The van der Waals surface area contributed by atoms with Crippen molar-refractivity contribution in [1.82, 2.24) is 5.32 Å². The first-order valence-corrected chi connectivity index (χ1v) is 8.67. The highest BCUT2D eigenvalue weighted by Gasteiger charge is 2.28. The van der Waals surface area contributed by atoms with Gasteiger partial charge in [-0.3, -0.25) is 9.10 Å². The zero-order valence-electron chi connectivity index (χ0n) is 12.7. The van der Waals surface area contributed by atoms with Crippen molar-refractivity contribution in [3.05, 3.63) is 42.0 Å². The SMILES string of the molecule is COC(=O)/C=C/C(=O)NCCS(=O)(=O)N1CCc2ccccc21. The number of sulfonamides is 1. The molecule has 2 rings (SSSR count). The van der Waals surface area contributed by atoms with E-state index in [1.54, 1.807) is 12.1 Å². The van der Waals surface area contributed by atoms with Crippen LogP contribution in [-0.2, 0) is 30.8 Å². The highest BCUT2D eigenvalue weighted by Crippen LogP contribution is 2.29. The molecule has 1 aliphatic rings. The van der Waals surface area contributed by atoms with Gasteiger partial charge in [-0.25, -0.2) is 13.2 Å². The molecule has 1 aromatic carbocycles. The highest BCUT2D eigenvalue weighted by atomic mass is 32.2. The van der Waals surface area contributed by atoms with Crippen LogP contribution >= 0.6 is 0 Å². The predicted octanol–water partition coefficient (Wildman–Crippen LogP) is 0.224. The number of carbonyl (C=O) groups excluding carboxylic acids is 2. The van der Waals surface area contributed by atoms with Crippen LogP contribution in [-0.4, -0.2) is 46.2 Å². The lowest BCUT2D eigenvalue weighted by molar-refractivity contribution is -0.135. The number of methoxy groups -OCH3 is 1. The minimum atomic E-state index is -3.50. The molecule has 0 radical (unpaired) electrons. The standard InChI is InChI=1S/C15H18N2O5S/c1-22-15(19)7-6-14(18)16-9-11-23(20,21)17-10-8-12-4-2-3-5-13(12)17/h2-7H,8-11H2,1H3,(H,16,18)/b7-6+. The van der Waals surface area contributed by atoms with E-state index in [4.69, 9.17) is 0 Å². The maximum absolute atomic E-state index is 12.4. The smallest absolute Gasteiger partial charge is 0.330 e. The second-order valence-electron chi connectivity index (χ2n) is 4.91. The Balaban J connectivity index is 1.90. The molecule has 8 heteroatoms. The summed E-state index contributed by atoms with van der Waals surface area (Å²) in [6.45, 7) is 0.378. The van der Waals surface area contributed by atoms with Crippen molar-refractivity contribution in [3.8, 4) is 0 Å². The van der Waals surface area contributed by atoms with Gasteiger partial charge in [-0.1, -0.05) is 18.2 Å². The van der Waals surface area contributed by atoms with Crippen LogP contribution in [0.4, 0.5) is 5.69 Å². The number of anilines is 1. The van der Waals surface area contributed by atoms with Gasteiger partial charge in [-0.15, -0.1) is 0 Å². The summed E-state index contributed by atoms with van der Waals surface area (Å²) in [6.07, 6.45) is 2.66. The van der Waals surface area contributed by atoms with Gasteiger partial charge < -0.3 is 10.1 Å². The first-order chi connectivity index (χ1) is 10.9. The van der Waals surface area contributed by atoms with Crippen LogP contribution in [0.15, 0.2) is 36.4 Å². The molecule has 0 fully saturated rings. The van der Waals surface area contributed by atoms with E-state index >= 15 is 0 Å². The van der Waals surface area contributed by atoms with Gasteiger partial charge in [0.2, 0.25) is 15.9 Å². The average Bonchev–Trinajstić information content (AvgIpc) is 2.97. The summed E-state index contributed by atoms with van der Waals surface area (Å²) in [5, 5.41) is 2.43. The van der Waals surface area contributed by atoms with Crippen LogP contribution in [0.2, 0.25) is 0 Å². The van der Waals surface area contributed by atoms with Crippen LogP contribution < -0.4 is 9.62 Å². The first-order valence-electron chi connectivity index (χ1n) is 7.06. The normalized spacial score (nSPS) is 13.9. The molecule has 1 aliphatic heterocycles. The Kier molecular flexibility index (Phi) is 5.38. The molecule has 124 valence electrons. The summed E-state index contributed by atoms with van der Waals surface area (Å²) >= 11 is 0. The van der Waals surface area contributed by atoms with Crippen molar-refractivity contribution < 1.29 is 22.7 Å². The van der Waals surface area contributed by atoms with Crippen molar-refractivity contribution in [1.29, 1.82) is 0 Å². The molecule has 0 aromatic heterocycles. The molecule has 0 unspecified atom stereocenters. The largest absolute Gasteiger partial charge is 0.466 e. The van der Waals surface area contributed by atoms with Crippen LogP contribution in [0.25, 0.3) is 0 Å². The number of para-hydroxylation sites is 1. The molecular weight excluding hydrogens is 320 g/mol. The van der Waals surface area contributed by atoms with Crippen molar-refractivity contribution in [2.75, 3.05) is 30.3 Å². The lowest BCUT2D eigenvalue weighted by Crippen LogP contribution is -2.36. The number of esters is 1. The van der Waals surface area contributed by atoms with Crippen molar-refractivity contribution in [3.63, 3.8) is 0 Å². The number of carbonyl (C=O) groups is 2. The first kappa shape index (κ1) is 17.0. The molecular formula is C15H18N2O5S. The van der Waals surface area contributed by atoms with Gasteiger partial charge in [-0.2, -0.15) is 0 Å². The van der Waals surface area contributed by atoms with Gasteiger partial charge in [0.25, 0.3) is 0 Å². The average molecular weight is 338 g/mol. The van der Waals surface area contributed by atoms with E-state index < -0.39 is 21.9 Å². The Hall–Kier alpha value is -2.35. The fourth-order valence-electron chi connectivity index (χ4n) is 2.28. The number of hydrogen-bond donors (Lipinski definition) is 1. The molecule has 1 N–H and O–H groups in total. The number of nitrogens with one attached hydrogen (secondary N) is 1. The molecule has 1 heterocycles. The fraction of sp³-hybridized carbons (Fsp3) is 0.333. The van der Waals surface area contributed by atoms with E-state index in [9.17, 15) is 18.0 Å². The maximum Gasteiger partial charge on any atom is 0.330 e.